The monoisotopic (exact) mass is 441 g/mol. The molecule has 0 unspecified atom stereocenters. The molecule has 0 atom stereocenters. The minimum Gasteiger partial charge on any atom is -0.464 e. The van der Waals surface area contributed by atoms with Crippen molar-refractivity contribution in [3.63, 3.8) is 0 Å². The zero-order chi connectivity index (χ0) is 22.9. The molecule has 0 aliphatic carbocycles. The van der Waals surface area contributed by atoms with Crippen LogP contribution in [0.2, 0.25) is 0 Å². The number of fused-ring (bicyclic) bond motifs is 1. The fourth-order valence-electron chi connectivity index (χ4n) is 4.60. The number of rotatable bonds is 4. The Morgan fingerprint density at radius 2 is 1.85 bits per heavy atom. The largest absolute Gasteiger partial charge is 0.464 e. The number of piperidine rings is 1. The van der Waals surface area contributed by atoms with E-state index in [1.54, 1.807) is 12.3 Å². The van der Waals surface area contributed by atoms with E-state index < -0.39 is 0 Å². The summed E-state index contributed by atoms with van der Waals surface area (Å²) in [6, 6.07) is 17.7. The molecule has 1 fully saturated rings. The molecule has 1 saturated heterocycles. The highest BCUT2D eigenvalue weighted by atomic mass is 16.3. The van der Waals surface area contributed by atoms with Gasteiger partial charge in [-0.2, -0.15) is 0 Å². The van der Waals surface area contributed by atoms with Crippen LogP contribution in [-0.2, 0) is 4.79 Å². The molecule has 3 heterocycles. The third-order valence-electron chi connectivity index (χ3n) is 6.54. The first kappa shape index (κ1) is 21.2. The standard InChI is InChI=1S/C27H27N3O3/c1-29(2)21-10-12-30(13-11-21)27(32)19-7-5-6-18(14-19)20-15-22(33-17-20)16-24-23-8-3-4-9-25(23)28-26(24)31/h3-9,14-17,21H,10-13H2,1-2H3,(H,28,31)/b24-16+. The Balaban J connectivity index is 1.34. The fourth-order valence-corrected chi connectivity index (χ4v) is 4.60. The number of carbonyl (C=O) groups excluding carboxylic acids is 2. The van der Waals surface area contributed by atoms with Crippen molar-refractivity contribution in [3.8, 4) is 11.1 Å². The maximum atomic E-state index is 13.1. The summed E-state index contributed by atoms with van der Waals surface area (Å²) < 4.78 is 5.74. The summed E-state index contributed by atoms with van der Waals surface area (Å²) >= 11 is 0. The second-order valence-corrected chi connectivity index (χ2v) is 8.86. The van der Waals surface area contributed by atoms with Crippen molar-refractivity contribution in [1.82, 2.24) is 9.80 Å². The Morgan fingerprint density at radius 1 is 1.06 bits per heavy atom. The summed E-state index contributed by atoms with van der Waals surface area (Å²) in [6.07, 6.45) is 5.41. The maximum absolute atomic E-state index is 13.1. The van der Waals surface area contributed by atoms with E-state index in [9.17, 15) is 9.59 Å². The lowest BCUT2D eigenvalue weighted by molar-refractivity contribution is -0.110. The van der Waals surface area contributed by atoms with Gasteiger partial charge < -0.3 is 19.5 Å². The number of hydrogen-bond donors (Lipinski definition) is 1. The number of carbonyl (C=O) groups is 2. The summed E-state index contributed by atoms with van der Waals surface area (Å²) in [4.78, 5) is 29.6. The van der Waals surface area contributed by atoms with Gasteiger partial charge in [-0.05, 0) is 62.8 Å². The summed E-state index contributed by atoms with van der Waals surface area (Å²) in [7, 11) is 4.19. The number of benzene rings is 2. The number of hydrogen-bond acceptors (Lipinski definition) is 4. The average molecular weight is 442 g/mol. The lowest BCUT2D eigenvalue weighted by Gasteiger charge is -2.35. The highest BCUT2D eigenvalue weighted by Crippen LogP contribution is 2.34. The lowest BCUT2D eigenvalue weighted by atomic mass is 10.0. The third kappa shape index (κ3) is 4.22. The van der Waals surface area contributed by atoms with Gasteiger partial charge in [0.05, 0.1) is 11.8 Å². The van der Waals surface area contributed by atoms with E-state index in [1.807, 2.05) is 59.5 Å². The van der Waals surface area contributed by atoms with Gasteiger partial charge in [0.15, 0.2) is 0 Å². The van der Waals surface area contributed by atoms with Crippen LogP contribution >= 0.6 is 0 Å². The predicted molar refractivity (Wildman–Crippen MR) is 130 cm³/mol. The zero-order valence-electron chi connectivity index (χ0n) is 18.9. The Hall–Kier alpha value is -3.64. The Kier molecular flexibility index (Phi) is 5.60. The summed E-state index contributed by atoms with van der Waals surface area (Å²) in [5.74, 6) is 0.522. The Morgan fingerprint density at radius 3 is 2.64 bits per heavy atom. The molecule has 6 heteroatoms. The number of nitrogens with zero attached hydrogens (tertiary/aromatic N) is 2. The van der Waals surface area contributed by atoms with Gasteiger partial charge in [0.2, 0.25) is 0 Å². The minimum atomic E-state index is -0.139. The highest BCUT2D eigenvalue weighted by Gasteiger charge is 2.25. The average Bonchev–Trinajstić information content (AvgIpc) is 3.43. The van der Waals surface area contributed by atoms with Crippen molar-refractivity contribution in [2.24, 2.45) is 0 Å². The van der Waals surface area contributed by atoms with Gasteiger partial charge in [-0.3, -0.25) is 9.59 Å². The topological polar surface area (TPSA) is 65.8 Å². The van der Waals surface area contributed by atoms with Crippen molar-refractivity contribution < 1.29 is 14.0 Å². The molecular weight excluding hydrogens is 414 g/mol. The van der Waals surface area contributed by atoms with Crippen LogP contribution in [0.4, 0.5) is 5.69 Å². The molecule has 0 bridgehead atoms. The highest BCUT2D eigenvalue weighted by molar-refractivity contribution is 6.34. The van der Waals surface area contributed by atoms with E-state index in [0.29, 0.717) is 22.9 Å². The first-order valence-corrected chi connectivity index (χ1v) is 11.3. The van der Waals surface area contributed by atoms with Gasteiger partial charge in [-0.15, -0.1) is 0 Å². The van der Waals surface area contributed by atoms with Crippen LogP contribution in [0.5, 0.6) is 0 Å². The Labute approximate surface area is 193 Å². The molecule has 5 rings (SSSR count). The van der Waals surface area contributed by atoms with Crippen LogP contribution in [-0.4, -0.2) is 54.8 Å². The molecule has 168 valence electrons. The van der Waals surface area contributed by atoms with Gasteiger partial charge >= 0.3 is 0 Å². The quantitative estimate of drug-likeness (QED) is 0.601. The minimum absolute atomic E-state index is 0.0686. The molecule has 6 nitrogen and oxygen atoms in total. The molecule has 2 aliphatic heterocycles. The van der Waals surface area contributed by atoms with Gasteiger partial charge in [-0.1, -0.05) is 30.3 Å². The van der Waals surface area contributed by atoms with Crippen LogP contribution < -0.4 is 5.32 Å². The van der Waals surface area contributed by atoms with Crippen molar-refractivity contribution in [1.29, 1.82) is 0 Å². The third-order valence-corrected chi connectivity index (χ3v) is 6.54. The number of amides is 2. The molecule has 2 aliphatic rings. The lowest BCUT2D eigenvalue weighted by Crippen LogP contribution is -2.44. The number of furan rings is 1. The summed E-state index contributed by atoms with van der Waals surface area (Å²) in [5, 5.41) is 2.87. The van der Waals surface area contributed by atoms with E-state index >= 15 is 0 Å². The first-order valence-electron chi connectivity index (χ1n) is 11.3. The number of likely N-dealkylation sites (tertiary alicyclic amines) is 1. The SMILES string of the molecule is CN(C)C1CCN(C(=O)c2cccc(-c3coc(/C=C4/C(=O)Nc5ccccc54)c3)c2)CC1. The predicted octanol–water partition coefficient (Wildman–Crippen LogP) is 4.61. The second-order valence-electron chi connectivity index (χ2n) is 8.86. The first-order chi connectivity index (χ1) is 16.0. The van der Waals surface area contributed by atoms with E-state index in [2.05, 4.69) is 24.3 Å². The molecule has 33 heavy (non-hydrogen) atoms. The molecule has 3 aromatic rings. The van der Waals surface area contributed by atoms with Crippen LogP contribution in [0.1, 0.15) is 34.5 Å². The molecule has 1 aromatic heterocycles. The zero-order valence-corrected chi connectivity index (χ0v) is 18.9. The summed E-state index contributed by atoms with van der Waals surface area (Å²) in [5.41, 5.74) is 4.72. The smallest absolute Gasteiger partial charge is 0.256 e. The normalized spacial score (nSPS) is 17.5. The van der Waals surface area contributed by atoms with Crippen molar-refractivity contribution in [3.05, 3.63) is 77.7 Å². The molecule has 2 aromatic carbocycles. The van der Waals surface area contributed by atoms with Gasteiger partial charge in [0.1, 0.15) is 5.76 Å². The fraction of sp³-hybridized carbons (Fsp3) is 0.259. The number of para-hydroxylation sites is 1. The van der Waals surface area contributed by atoms with Gasteiger partial charge in [0, 0.05) is 41.5 Å². The van der Waals surface area contributed by atoms with Crippen molar-refractivity contribution in [2.75, 3.05) is 32.5 Å². The maximum Gasteiger partial charge on any atom is 0.256 e. The van der Waals surface area contributed by atoms with Gasteiger partial charge in [0.25, 0.3) is 11.8 Å². The summed E-state index contributed by atoms with van der Waals surface area (Å²) in [6.45, 7) is 1.55. The molecule has 0 radical (unpaired) electrons. The van der Waals surface area contributed by atoms with Crippen LogP contribution in [0, 0.1) is 0 Å². The van der Waals surface area contributed by atoms with Crippen molar-refractivity contribution >= 4 is 29.2 Å². The van der Waals surface area contributed by atoms with E-state index in [0.717, 1.165) is 48.3 Å². The van der Waals surface area contributed by atoms with E-state index in [-0.39, 0.29) is 11.8 Å². The van der Waals surface area contributed by atoms with Crippen LogP contribution in [0.15, 0.2) is 65.3 Å². The Bertz CT molecular complexity index is 1230. The van der Waals surface area contributed by atoms with Crippen LogP contribution in [0.3, 0.4) is 0 Å². The number of nitrogens with one attached hydrogen (secondary N) is 1. The molecule has 2 amide bonds. The van der Waals surface area contributed by atoms with Crippen molar-refractivity contribution in [2.45, 2.75) is 18.9 Å². The molecular formula is C27H27N3O3. The molecule has 0 saturated carbocycles. The molecule has 0 spiro atoms. The number of anilines is 1. The molecule has 1 N–H and O–H groups in total. The second kappa shape index (κ2) is 8.71. The van der Waals surface area contributed by atoms with E-state index in [1.165, 1.54) is 0 Å². The van der Waals surface area contributed by atoms with Gasteiger partial charge in [-0.25, -0.2) is 0 Å². The van der Waals surface area contributed by atoms with E-state index in [4.69, 9.17) is 4.42 Å². The van der Waals surface area contributed by atoms with Crippen LogP contribution in [0.25, 0.3) is 22.8 Å².